The van der Waals surface area contributed by atoms with Crippen LogP contribution in [-0.4, -0.2) is 6.29 Å². The highest BCUT2D eigenvalue weighted by Gasteiger charge is 2.06. The summed E-state index contributed by atoms with van der Waals surface area (Å²) < 4.78 is 5.57. The Kier molecular flexibility index (Phi) is 4.70. The number of hydrogen-bond acceptors (Lipinski definition) is 2. The van der Waals surface area contributed by atoms with Gasteiger partial charge in [0.05, 0.1) is 5.56 Å². The van der Waals surface area contributed by atoms with Crippen molar-refractivity contribution >= 4 is 41.1 Å². The second-order valence-electron chi connectivity index (χ2n) is 3.82. The molecule has 0 spiro atoms. The van der Waals surface area contributed by atoms with Crippen molar-refractivity contribution < 1.29 is 9.53 Å². The van der Waals surface area contributed by atoms with E-state index in [0.717, 1.165) is 5.56 Å². The summed E-state index contributed by atoms with van der Waals surface area (Å²) in [4.78, 5) is 10.9. The molecule has 0 fully saturated rings. The highest BCUT2D eigenvalue weighted by molar-refractivity contribution is 6.35. The van der Waals surface area contributed by atoms with Gasteiger partial charge < -0.3 is 4.74 Å². The Morgan fingerprint density at radius 3 is 2.37 bits per heavy atom. The van der Waals surface area contributed by atoms with Crippen LogP contribution in [0.1, 0.15) is 15.9 Å². The molecule has 0 amide bonds. The molecule has 0 heterocycles. The maximum atomic E-state index is 10.9. The largest absolute Gasteiger partial charge is 0.488 e. The molecule has 2 aromatic carbocycles. The summed E-state index contributed by atoms with van der Waals surface area (Å²) in [5.41, 5.74) is 1.19. The lowest BCUT2D eigenvalue weighted by Gasteiger charge is -2.10. The monoisotopic (exact) mass is 314 g/mol. The summed E-state index contributed by atoms with van der Waals surface area (Å²) in [7, 11) is 0. The minimum absolute atomic E-state index is 0.248. The summed E-state index contributed by atoms with van der Waals surface area (Å²) >= 11 is 17.7. The van der Waals surface area contributed by atoms with Crippen molar-refractivity contribution in [2.75, 3.05) is 0 Å². The molecular formula is C14H9Cl3O2. The molecule has 98 valence electrons. The Morgan fingerprint density at radius 2 is 1.68 bits per heavy atom. The summed E-state index contributed by atoms with van der Waals surface area (Å²) in [6.45, 7) is 0.248. The zero-order chi connectivity index (χ0) is 13.8. The molecule has 0 saturated carbocycles. The van der Waals surface area contributed by atoms with E-state index in [4.69, 9.17) is 39.5 Å². The second-order valence-corrected chi connectivity index (χ2v) is 5.10. The molecular weight excluding hydrogens is 307 g/mol. The summed E-state index contributed by atoms with van der Waals surface area (Å²) in [6.07, 6.45) is 0.699. The fraction of sp³-hybridized carbons (Fsp3) is 0.0714. The van der Waals surface area contributed by atoms with Crippen LogP contribution in [0.25, 0.3) is 0 Å². The number of rotatable bonds is 4. The topological polar surface area (TPSA) is 26.3 Å². The molecule has 0 N–H and O–H groups in total. The molecule has 0 aliphatic heterocycles. The van der Waals surface area contributed by atoms with Crippen LogP contribution in [0.2, 0.25) is 15.1 Å². The molecule has 5 heteroatoms. The van der Waals surface area contributed by atoms with Crippen molar-refractivity contribution in [2.45, 2.75) is 6.61 Å². The lowest BCUT2D eigenvalue weighted by molar-refractivity contribution is 0.111. The van der Waals surface area contributed by atoms with E-state index >= 15 is 0 Å². The van der Waals surface area contributed by atoms with E-state index in [-0.39, 0.29) is 6.61 Å². The van der Waals surface area contributed by atoms with E-state index in [1.807, 2.05) is 0 Å². The Bertz CT molecular complexity index is 612. The first-order chi connectivity index (χ1) is 9.10. The number of aldehydes is 1. The Labute approximate surface area is 125 Å². The predicted octanol–water partition coefficient (Wildman–Crippen LogP) is 5.04. The fourth-order valence-corrected chi connectivity index (χ4v) is 2.18. The maximum absolute atomic E-state index is 10.9. The van der Waals surface area contributed by atoms with Gasteiger partial charge in [-0.2, -0.15) is 0 Å². The molecule has 0 aliphatic rings. The van der Waals surface area contributed by atoms with Crippen LogP contribution in [0.15, 0.2) is 36.4 Å². The Balaban J connectivity index is 2.16. The molecule has 2 aromatic rings. The van der Waals surface area contributed by atoms with Gasteiger partial charge in [0.25, 0.3) is 0 Å². The van der Waals surface area contributed by atoms with E-state index in [9.17, 15) is 4.79 Å². The molecule has 2 rings (SSSR count). The van der Waals surface area contributed by atoms with Crippen LogP contribution in [-0.2, 0) is 6.61 Å². The molecule has 0 radical (unpaired) electrons. The predicted molar refractivity (Wildman–Crippen MR) is 77.6 cm³/mol. The number of halogens is 3. The maximum Gasteiger partial charge on any atom is 0.153 e. The summed E-state index contributed by atoms with van der Waals surface area (Å²) in [5, 5.41) is 1.57. The molecule has 0 bridgehead atoms. The molecule has 0 aliphatic carbocycles. The average molecular weight is 316 g/mol. The first kappa shape index (κ1) is 14.2. The minimum atomic E-state index is 0.248. The van der Waals surface area contributed by atoms with Crippen molar-refractivity contribution in [3.8, 4) is 5.75 Å². The van der Waals surface area contributed by atoms with Crippen molar-refractivity contribution in [1.29, 1.82) is 0 Å². The number of carbonyl (C=O) groups is 1. The van der Waals surface area contributed by atoms with Crippen LogP contribution in [0.3, 0.4) is 0 Å². The highest BCUT2D eigenvalue weighted by Crippen LogP contribution is 2.25. The van der Waals surface area contributed by atoms with Gasteiger partial charge in [-0.15, -0.1) is 0 Å². The van der Waals surface area contributed by atoms with Crippen molar-refractivity contribution in [3.05, 3.63) is 62.6 Å². The molecule has 2 nitrogen and oxygen atoms in total. The lowest BCUT2D eigenvalue weighted by Crippen LogP contribution is -1.99. The van der Waals surface area contributed by atoms with Gasteiger partial charge in [-0.3, -0.25) is 4.79 Å². The Morgan fingerprint density at radius 1 is 1.00 bits per heavy atom. The normalized spacial score (nSPS) is 10.3. The van der Waals surface area contributed by atoms with E-state index in [0.29, 0.717) is 32.7 Å². The third-order valence-electron chi connectivity index (χ3n) is 2.50. The zero-order valence-electron chi connectivity index (χ0n) is 9.70. The zero-order valence-corrected chi connectivity index (χ0v) is 12.0. The molecule has 0 unspecified atom stereocenters. The van der Waals surface area contributed by atoms with E-state index in [2.05, 4.69) is 0 Å². The van der Waals surface area contributed by atoms with Gasteiger partial charge in [0, 0.05) is 20.6 Å². The fourth-order valence-electron chi connectivity index (χ4n) is 1.54. The minimum Gasteiger partial charge on any atom is -0.488 e. The van der Waals surface area contributed by atoms with E-state index < -0.39 is 0 Å². The number of carbonyl (C=O) groups excluding carboxylic acids is 1. The van der Waals surface area contributed by atoms with Gasteiger partial charge in [-0.25, -0.2) is 0 Å². The first-order valence-electron chi connectivity index (χ1n) is 5.41. The van der Waals surface area contributed by atoms with Crippen LogP contribution in [0.5, 0.6) is 5.75 Å². The van der Waals surface area contributed by atoms with Gasteiger partial charge >= 0.3 is 0 Å². The number of hydrogen-bond donors (Lipinski definition) is 0. The van der Waals surface area contributed by atoms with E-state index in [1.165, 1.54) is 0 Å². The molecule has 0 aromatic heterocycles. The van der Waals surface area contributed by atoms with Crippen molar-refractivity contribution in [3.63, 3.8) is 0 Å². The van der Waals surface area contributed by atoms with Gasteiger partial charge in [-0.1, -0.05) is 40.9 Å². The smallest absolute Gasteiger partial charge is 0.153 e. The van der Waals surface area contributed by atoms with Gasteiger partial charge in [-0.05, 0) is 30.3 Å². The highest BCUT2D eigenvalue weighted by atomic mass is 35.5. The van der Waals surface area contributed by atoms with Crippen LogP contribution < -0.4 is 4.74 Å². The average Bonchev–Trinajstić information content (AvgIpc) is 2.39. The Hall–Kier alpha value is -1.22. The van der Waals surface area contributed by atoms with E-state index in [1.54, 1.807) is 36.4 Å². The lowest BCUT2D eigenvalue weighted by atomic mass is 10.2. The standard InChI is InChI=1S/C14H9Cl3O2/c15-11-3-4-14(10(5-11)7-18)19-8-9-1-2-12(16)6-13(9)17/h1-7H,8H2. The van der Waals surface area contributed by atoms with Crippen LogP contribution in [0, 0.1) is 0 Å². The first-order valence-corrected chi connectivity index (χ1v) is 6.55. The number of benzene rings is 2. The van der Waals surface area contributed by atoms with Gasteiger partial charge in [0.1, 0.15) is 12.4 Å². The second kappa shape index (κ2) is 6.29. The molecule has 19 heavy (non-hydrogen) atoms. The van der Waals surface area contributed by atoms with Crippen LogP contribution >= 0.6 is 34.8 Å². The third-order valence-corrected chi connectivity index (χ3v) is 3.32. The van der Waals surface area contributed by atoms with Crippen LogP contribution in [0.4, 0.5) is 0 Å². The SMILES string of the molecule is O=Cc1cc(Cl)ccc1OCc1ccc(Cl)cc1Cl. The quantitative estimate of drug-likeness (QED) is 0.739. The number of ether oxygens (including phenoxy) is 1. The van der Waals surface area contributed by atoms with Crippen molar-refractivity contribution in [1.82, 2.24) is 0 Å². The summed E-state index contributed by atoms with van der Waals surface area (Å²) in [5.74, 6) is 0.463. The van der Waals surface area contributed by atoms with Crippen molar-refractivity contribution in [2.24, 2.45) is 0 Å². The third kappa shape index (κ3) is 3.63. The molecule has 0 saturated heterocycles. The van der Waals surface area contributed by atoms with Gasteiger partial charge in [0.15, 0.2) is 6.29 Å². The molecule has 0 atom stereocenters. The summed E-state index contributed by atoms with van der Waals surface area (Å²) in [6, 6.07) is 10.0. The van der Waals surface area contributed by atoms with Gasteiger partial charge in [0.2, 0.25) is 0 Å².